The highest BCUT2D eigenvalue weighted by molar-refractivity contribution is 5.96. The van der Waals surface area contributed by atoms with Crippen molar-refractivity contribution in [1.29, 1.82) is 0 Å². The van der Waals surface area contributed by atoms with E-state index in [2.05, 4.69) is 20.2 Å². The van der Waals surface area contributed by atoms with Gasteiger partial charge in [-0.3, -0.25) is 9.59 Å². The molecular weight excluding hydrogens is 399 g/mol. The molecule has 2 amide bonds. The summed E-state index contributed by atoms with van der Waals surface area (Å²) >= 11 is 0. The number of anilines is 1. The van der Waals surface area contributed by atoms with Gasteiger partial charge >= 0.3 is 0 Å². The molecule has 1 unspecified atom stereocenters. The zero-order valence-corrected chi connectivity index (χ0v) is 16.7. The molecule has 0 aliphatic carbocycles. The van der Waals surface area contributed by atoms with E-state index in [-0.39, 0.29) is 35.2 Å². The van der Waals surface area contributed by atoms with E-state index >= 15 is 0 Å². The normalized spacial score (nSPS) is 18.5. The molecule has 9 heteroatoms. The summed E-state index contributed by atoms with van der Waals surface area (Å²) in [6, 6.07) is 11.5. The van der Waals surface area contributed by atoms with Gasteiger partial charge in [-0.05, 0) is 29.8 Å². The summed E-state index contributed by atoms with van der Waals surface area (Å²) in [5, 5.41) is 2.88. The Hall–Kier alpha value is -3.75. The predicted molar refractivity (Wildman–Crippen MR) is 111 cm³/mol. The van der Waals surface area contributed by atoms with Gasteiger partial charge in [-0.2, -0.15) is 0 Å². The van der Waals surface area contributed by atoms with Gasteiger partial charge in [0.1, 0.15) is 17.3 Å². The largest absolute Gasteiger partial charge is 0.353 e. The molecule has 0 radical (unpaired) electrons. The molecule has 1 N–H and O–H groups in total. The maximum atomic E-state index is 13.2. The Balaban J connectivity index is 1.28. The number of nitrogens with zero attached hydrogens (tertiary/aromatic N) is 5. The van der Waals surface area contributed by atoms with Crippen LogP contribution in [0.5, 0.6) is 0 Å². The van der Waals surface area contributed by atoms with Crippen molar-refractivity contribution in [3.8, 4) is 0 Å². The van der Waals surface area contributed by atoms with Crippen LogP contribution in [0.1, 0.15) is 32.7 Å². The van der Waals surface area contributed by atoms with Crippen molar-refractivity contribution in [3.63, 3.8) is 0 Å². The van der Waals surface area contributed by atoms with Crippen LogP contribution in [0.25, 0.3) is 0 Å². The zero-order chi connectivity index (χ0) is 21.4. The number of nitrogens with one attached hydrogen (secondary N) is 1. The third-order valence-corrected chi connectivity index (χ3v) is 5.70. The second-order valence-corrected chi connectivity index (χ2v) is 7.65. The van der Waals surface area contributed by atoms with E-state index in [4.69, 9.17) is 0 Å². The van der Waals surface area contributed by atoms with Gasteiger partial charge in [0.05, 0.1) is 6.04 Å². The first-order valence-corrected chi connectivity index (χ1v) is 10.2. The van der Waals surface area contributed by atoms with Gasteiger partial charge < -0.3 is 19.7 Å². The number of pyridine rings is 1. The third-order valence-electron chi connectivity index (χ3n) is 5.70. The molecule has 2 aliphatic rings. The first-order chi connectivity index (χ1) is 15.1. The lowest BCUT2D eigenvalue weighted by molar-refractivity contribution is 0.0741. The molecule has 158 valence electrons. The van der Waals surface area contributed by atoms with Crippen LogP contribution in [0.15, 0.2) is 54.9 Å². The number of imidazole rings is 1. The van der Waals surface area contributed by atoms with E-state index < -0.39 is 0 Å². The van der Waals surface area contributed by atoms with Gasteiger partial charge in [0, 0.05) is 45.1 Å². The molecule has 0 spiro atoms. The van der Waals surface area contributed by atoms with E-state index in [0.29, 0.717) is 32.7 Å². The molecule has 1 fully saturated rings. The molecule has 1 aromatic carbocycles. The molecule has 0 bridgehead atoms. The fourth-order valence-corrected chi connectivity index (χ4v) is 4.03. The lowest BCUT2D eigenvalue weighted by Crippen LogP contribution is -2.49. The van der Waals surface area contributed by atoms with Gasteiger partial charge in [0.25, 0.3) is 11.8 Å². The Bertz CT molecular complexity index is 1110. The smallest absolute Gasteiger partial charge is 0.287 e. The first kappa shape index (κ1) is 19.2. The zero-order valence-electron chi connectivity index (χ0n) is 16.7. The fourth-order valence-electron chi connectivity index (χ4n) is 4.03. The van der Waals surface area contributed by atoms with Gasteiger partial charge in [0.15, 0.2) is 5.82 Å². The minimum atomic E-state index is -0.348. The number of benzene rings is 1. The molecule has 3 aromatic rings. The minimum Gasteiger partial charge on any atom is -0.353 e. The number of fused-ring (bicyclic) bond motifs is 1. The maximum absolute atomic E-state index is 13.2. The quantitative estimate of drug-likeness (QED) is 0.700. The van der Waals surface area contributed by atoms with Crippen LogP contribution < -0.4 is 10.2 Å². The lowest BCUT2D eigenvalue weighted by Gasteiger charge is -2.35. The highest BCUT2D eigenvalue weighted by atomic mass is 19.1. The third kappa shape index (κ3) is 3.74. The number of piperazine rings is 1. The number of amides is 2. The number of hydrogen-bond donors (Lipinski definition) is 1. The van der Waals surface area contributed by atoms with Crippen LogP contribution in [0, 0.1) is 5.82 Å². The minimum absolute atomic E-state index is 0.186. The average molecular weight is 420 g/mol. The lowest BCUT2D eigenvalue weighted by atomic mass is 10.1. The molecule has 2 aromatic heterocycles. The van der Waals surface area contributed by atoms with Gasteiger partial charge in [-0.1, -0.05) is 18.2 Å². The van der Waals surface area contributed by atoms with Gasteiger partial charge in [-0.25, -0.2) is 14.4 Å². The van der Waals surface area contributed by atoms with E-state index in [1.165, 1.54) is 12.1 Å². The molecule has 1 atom stereocenters. The molecule has 31 heavy (non-hydrogen) atoms. The highest BCUT2D eigenvalue weighted by Gasteiger charge is 2.31. The molecule has 8 nitrogen and oxygen atoms in total. The summed E-state index contributed by atoms with van der Waals surface area (Å²) in [5.41, 5.74) is 1.06. The monoisotopic (exact) mass is 420 g/mol. The fraction of sp³-hybridized carbons (Fsp3) is 0.273. The Labute approximate surface area is 178 Å². The van der Waals surface area contributed by atoms with E-state index in [0.717, 1.165) is 11.4 Å². The molecule has 2 aliphatic heterocycles. The summed E-state index contributed by atoms with van der Waals surface area (Å²) in [6.45, 7) is 2.91. The summed E-state index contributed by atoms with van der Waals surface area (Å²) in [7, 11) is 0. The van der Waals surface area contributed by atoms with E-state index in [9.17, 15) is 14.0 Å². The molecular formula is C22H21FN6O2. The summed E-state index contributed by atoms with van der Waals surface area (Å²) < 4.78 is 14.9. The average Bonchev–Trinajstić information content (AvgIpc) is 3.25. The second-order valence-electron chi connectivity index (χ2n) is 7.65. The Kier molecular flexibility index (Phi) is 4.85. The van der Waals surface area contributed by atoms with Crippen LogP contribution >= 0.6 is 0 Å². The number of carbonyl (C=O) groups excluding carboxylic acids is 2. The van der Waals surface area contributed by atoms with Crippen molar-refractivity contribution >= 4 is 17.6 Å². The van der Waals surface area contributed by atoms with Crippen LogP contribution in [0.4, 0.5) is 10.2 Å². The Morgan fingerprint density at radius 3 is 2.55 bits per heavy atom. The molecule has 5 rings (SSSR count). The summed E-state index contributed by atoms with van der Waals surface area (Å²) in [6.07, 6.45) is 3.39. The number of halogens is 1. The topological polar surface area (TPSA) is 83.4 Å². The van der Waals surface area contributed by atoms with Crippen LogP contribution in [0.3, 0.4) is 0 Å². The summed E-state index contributed by atoms with van der Waals surface area (Å²) in [4.78, 5) is 38.1. The molecule has 0 saturated carbocycles. The van der Waals surface area contributed by atoms with Crippen molar-refractivity contribution in [3.05, 3.63) is 77.8 Å². The van der Waals surface area contributed by atoms with Gasteiger partial charge in [-0.15, -0.1) is 0 Å². The number of hydrogen-bond acceptors (Lipinski definition) is 5. The first-order valence-electron chi connectivity index (χ1n) is 10.2. The Morgan fingerprint density at radius 1 is 1.06 bits per heavy atom. The number of rotatable bonds is 3. The predicted octanol–water partition coefficient (Wildman–Crippen LogP) is 1.86. The van der Waals surface area contributed by atoms with E-state index in [1.54, 1.807) is 34.0 Å². The van der Waals surface area contributed by atoms with Gasteiger partial charge in [0.2, 0.25) is 0 Å². The van der Waals surface area contributed by atoms with Crippen LogP contribution in [0.2, 0.25) is 0 Å². The second kappa shape index (κ2) is 7.82. The van der Waals surface area contributed by atoms with Crippen LogP contribution in [-0.4, -0.2) is 57.4 Å². The van der Waals surface area contributed by atoms with Crippen molar-refractivity contribution in [1.82, 2.24) is 24.8 Å². The molecule has 1 saturated heterocycles. The number of carbonyl (C=O) groups is 2. The van der Waals surface area contributed by atoms with Crippen molar-refractivity contribution < 1.29 is 14.0 Å². The maximum Gasteiger partial charge on any atom is 0.287 e. The van der Waals surface area contributed by atoms with Crippen molar-refractivity contribution in [2.24, 2.45) is 0 Å². The highest BCUT2D eigenvalue weighted by Crippen LogP contribution is 2.22. The number of aromatic nitrogens is 3. The van der Waals surface area contributed by atoms with Crippen LogP contribution in [-0.2, 0) is 6.54 Å². The SMILES string of the molecule is O=C1NC(c2ccc(F)cc2)Cn2cc(C(=O)N3CCN(c4ccccn4)CC3)nc21. The van der Waals surface area contributed by atoms with Crippen molar-refractivity contribution in [2.75, 3.05) is 31.1 Å². The Morgan fingerprint density at radius 2 is 1.84 bits per heavy atom. The van der Waals surface area contributed by atoms with Crippen molar-refractivity contribution in [2.45, 2.75) is 12.6 Å². The molecule has 4 heterocycles. The standard InChI is InChI=1S/C22H21FN6O2/c23-16-6-4-15(5-7-16)17-13-29-14-18(25-20(29)21(30)26-17)22(31)28-11-9-27(10-12-28)19-3-1-2-8-24-19/h1-8,14,17H,9-13H2,(H,26,30). The summed E-state index contributed by atoms with van der Waals surface area (Å²) in [5.74, 6) is 0.253. The van der Waals surface area contributed by atoms with E-state index in [1.807, 2.05) is 18.2 Å².